The van der Waals surface area contributed by atoms with E-state index in [4.69, 9.17) is 0 Å². The first-order valence-corrected chi connectivity index (χ1v) is 6.68. The molecule has 1 aromatic carbocycles. The molecule has 100 valence electrons. The fraction of sp³-hybridized carbons (Fsp3) is 0.600. The van der Waals surface area contributed by atoms with Gasteiger partial charge in [-0.25, -0.2) is 8.78 Å². The Bertz CT molecular complexity index is 411. The van der Waals surface area contributed by atoms with Crippen molar-refractivity contribution in [3.63, 3.8) is 0 Å². The molecule has 0 aromatic heterocycles. The van der Waals surface area contributed by atoms with Crippen LogP contribution in [0.4, 0.5) is 8.78 Å². The third-order valence-electron chi connectivity index (χ3n) is 4.03. The molecule has 0 aliphatic heterocycles. The average Bonchev–Trinajstić information content (AvgIpc) is 2.25. The minimum absolute atomic E-state index is 0.140. The van der Waals surface area contributed by atoms with Crippen LogP contribution in [-0.4, -0.2) is 6.04 Å². The first-order chi connectivity index (χ1) is 8.47. The second kappa shape index (κ2) is 5.35. The van der Waals surface area contributed by atoms with Gasteiger partial charge in [-0.1, -0.05) is 13.8 Å². The molecule has 0 amide bonds. The topological polar surface area (TPSA) is 12.0 Å². The Hall–Kier alpha value is -0.960. The lowest BCUT2D eigenvalue weighted by molar-refractivity contribution is 0.159. The third kappa shape index (κ3) is 2.89. The predicted molar refractivity (Wildman–Crippen MR) is 69.3 cm³/mol. The van der Waals surface area contributed by atoms with Crippen molar-refractivity contribution in [2.45, 2.75) is 45.7 Å². The standard InChI is InChI=1S/C15H21F2N/c1-9(2)11-6-13(7-11)18-10(3)14-8-12(16)4-5-15(14)17/h4-5,8-11,13,18H,6-7H2,1-3H3. The lowest BCUT2D eigenvalue weighted by Gasteiger charge is -2.40. The third-order valence-corrected chi connectivity index (χ3v) is 4.03. The molecule has 1 nitrogen and oxygen atoms in total. The van der Waals surface area contributed by atoms with E-state index in [2.05, 4.69) is 19.2 Å². The fourth-order valence-corrected chi connectivity index (χ4v) is 2.63. The molecule has 18 heavy (non-hydrogen) atoms. The molecule has 0 saturated heterocycles. The fourth-order valence-electron chi connectivity index (χ4n) is 2.63. The van der Waals surface area contributed by atoms with Crippen molar-refractivity contribution in [3.8, 4) is 0 Å². The highest BCUT2D eigenvalue weighted by atomic mass is 19.1. The average molecular weight is 253 g/mol. The Morgan fingerprint density at radius 1 is 1.17 bits per heavy atom. The summed E-state index contributed by atoms with van der Waals surface area (Å²) in [5.41, 5.74) is 0.419. The molecule has 2 rings (SSSR count). The zero-order valence-corrected chi connectivity index (χ0v) is 11.2. The zero-order valence-electron chi connectivity index (χ0n) is 11.2. The predicted octanol–water partition coefficient (Wildman–Crippen LogP) is 4.05. The molecule has 1 aliphatic rings. The second-order valence-electron chi connectivity index (χ2n) is 5.73. The summed E-state index contributed by atoms with van der Waals surface area (Å²) in [5.74, 6) is 0.765. The van der Waals surface area contributed by atoms with Gasteiger partial charge in [-0.2, -0.15) is 0 Å². The SMILES string of the molecule is CC(NC1CC(C(C)C)C1)c1cc(F)ccc1F. The minimum Gasteiger partial charge on any atom is -0.307 e. The Balaban J connectivity index is 1.93. The Labute approximate surface area is 108 Å². The van der Waals surface area contributed by atoms with Gasteiger partial charge in [-0.15, -0.1) is 0 Å². The molecule has 1 aliphatic carbocycles. The number of rotatable bonds is 4. The van der Waals surface area contributed by atoms with E-state index in [1.807, 2.05) is 6.92 Å². The van der Waals surface area contributed by atoms with E-state index < -0.39 is 0 Å². The van der Waals surface area contributed by atoms with Crippen molar-refractivity contribution in [2.24, 2.45) is 11.8 Å². The summed E-state index contributed by atoms with van der Waals surface area (Å²) in [6.45, 7) is 6.35. The van der Waals surface area contributed by atoms with Crippen LogP contribution in [0.15, 0.2) is 18.2 Å². The van der Waals surface area contributed by atoms with Crippen molar-refractivity contribution < 1.29 is 8.78 Å². The number of hydrogen-bond donors (Lipinski definition) is 1. The molecular formula is C15H21F2N. The van der Waals surface area contributed by atoms with E-state index in [1.54, 1.807) is 0 Å². The molecule has 0 spiro atoms. The van der Waals surface area contributed by atoms with Gasteiger partial charge < -0.3 is 5.32 Å². The molecule has 1 atom stereocenters. The van der Waals surface area contributed by atoms with Crippen molar-refractivity contribution in [3.05, 3.63) is 35.4 Å². The number of nitrogens with one attached hydrogen (secondary N) is 1. The van der Waals surface area contributed by atoms with Crippen LogP contribution in [0, 0.1) is 23.5 Å². The molecule has 1 N–H and O–H groups in total. The second-order valence-corrected chi connectivity index (χ2v) is 5.73. The smallest absolute Gasteiger partial charge is 0.128 e. The number of benzene rings is 1. The molecule has 1 fully saturated rings. The van der Waals surface area contributed by atoms with Crippen LogP contribution in [-0.2, 0) is 0 Å². The molecule has 1 aromatic rings. The zero-order chi connectivity index (χ0) is 13.3. The van der Waals surface area contributed by atoms with Crippen LogP contribution in [0.5, 0.6) is 0 Å². The van der Waals surface area contributed by atoms with E-state index in [0.717, 1.165) is 24.8 Å². The maximum atomic E-state index is 13.6. The lowest BCUT2D eigenvalue weighted by atomic mass is 9.73. The van der Waals surface area contributed by atoms with Gasteiger partial charge in [0.15, 0.2) is 0 Å². The summed E-state index contributed by atoms with van der Waals surface area (Å²) in [6.07, 6.45) is 2.28. The van der Waals surface area contributed by atoms with Gasteiger partial charge in [0.25, 0.3) is 0 Å². The molecule has 0 heterocycles. The summed E-state index contributed by atoms with van der Waals surface area (Å²) in [7, 11) is 0. The molecular weight excluding hydrogens is 232 g/mol. The first kappa shape index (κ1) is 13.5. The number of hydrogen-bond acceptors (Lipinski definition) is 1. The quantitative estimate of drug-likeness (QED) is 0.853. The Kier molecular flexibility index (Phi) is 4.00. The van der Waals surface area contributed by atoms with Gasteiger partial charge in [-0.3, -0.25) is 0 Å². The van der Waals surface area contributed by atoms with E-state index in [0.29, 0.717) is 17.5 Å². The largest absolute Gasteiger partial charge is 0.307 e. The van der Waals surface area contributed by atoms with Gasteiger partial charge >= 0.3 is 0 Å². The maximum absolute atomic E-state index is 13.6. The van der Waals surface area contributed by atoms with E-state index in [1.165, 1.54) is 12.1 Å². The summed E-state index contributed by atoms with van der Waals surface area (Å²) >= 11 is 0. The molecule has 1 saturated carbocycles. The lowest BCUT2D eigenvalue weighted by Crippen LogP contribution is -2.44. The van der Waals surface area contributed by atoms with Crippen LogP contribution < -0.4 is 5.32 Å². The summed E-state index contributed by atoms with van der Waals surface area (Å²) < 4.78 is 26.7. The summed E-state index contributed by atoms with van der Waals surface area (Å²) in [5, 5.41) is 3.38. The van der Waals surface area contributed by atoms with Crippen molar-refractivity contribution in [1.82, 2.24) is 5.32 Å². The van der Waals surface area contributed by atoms with Crippen LogP contribution in [0.2, 0.25) is 0 Å². The van der Waals surface area contributed by atoms with E-state index in [-0.39, 0.29) is 17.7 Å². The summed E-state index contributed by atoms with van der Waals surface area (Å²) in [4.78, 5) is 0. The number of halogens is 2. The van der Waals surface area contributed by atoms with Gasteiger partial charge in [-0.05, 0) is 49.8 Å². The van der Waals surface area contributed by atoms with Crippen LogP contribution in [0.25, 0.3) is 0 Å². The van der Waals surface area contributed by atoms with Crippen molar-refractivity contribution in [1.29, 1.82) is 0 Å². The Morgan fingerprint density at radius 2 is 1.83 bits per heavy atom. The van der Waals surface area contributed by atoms with E-state index >= 15 is 0 Å². The van der Waals surface area contributed by atoms with Gasteiger partial charge in [0.1, 0.15) is 11.6 Å². The van der Waals surface area contributed by atoms with E-state index in [9.17, 15) is 8.78 Å². The highest BCUT2D eigenvalue weighted by Gasteiger charge is 2.32. The van der Waals surface area contributed by atoms with Crippen LogP contribution >= 0.6 is 0 Å². The first-order valence-electron chi connectivity index (χ1n) is 6.68. The normalized spacial score (nSPS) is 25.0. The molecule has 1 unspecified atom stereocenters. The Morgan fingerprint density at radius 3 is 2.44 bits per heavy atom. The molecule has 0 bridgehead atoms. The summed E-state index contributed by atoms with van der Waals surface area (Å²) in [6, 6.07) is 3.93. The van der Waals surface area contributed by atoms with Crippen LogP contribution in [0.3, 0.4) is 0 Å². The van der Waals surface area contributed by atoms with Gasteiger partial charge in [0.05, 0.1) is 0 Å². The minimum atomic E-state index is -0.381. The molecule has 3 heteroatoms. The monoisotopic (exact) mass is 253 g/mol. The van der Waals surface area contributed by atoms with Gasteiger partial charge in [0, 0.05) is 17.6 Å². The highest BCUT2D eigenvalue weighted by molar-refractivity contribution is 5.22. The van der Waals surface area contributed by atoms with Crippen LogP contribution in [0.1, 0.15) is 45.2 Å². The van der Waals surface area contributed by atoms with Crippen molar-refractivity contribution >= 4 is 0 Å². The highest BCUT2D eigenvalue weighted by Crippen LogP contribution is 2.35. The maximum Gasteiger partial charge on any atom is 0.128 e. The molecule has 0 radical (unpaired) electrons. The van der Waals surface area contributed by atoms with Crippen molar-refractivity contribution in [2.75, 3.05) is 0 Å². The van der Waals surface area contributed by atoms with Gasteiger partial charge in [0.2, 0.25) is 0 Å².